The molecule has 4 amide bonds. The fourth-order valence-corrected chi connectivity index (χ4v) is 3.67. The highest BCUT2D eigenvalue weighted by molar-refractivity contribution is 6.07. The van der Waals surface area contributed by atoms with Gasteiger partial charge in [-0.1, -0.05) is 25.0 Å². The molecular weight excluding hydrogens is 372 g/mol. The van der Waals surface area contributed by atoms with Crippen LogP contribution in [0.15, 0.2) is 24.3 Å². The Kier molecular flexibility index (Phi) is 6.11. The van der Waals surface area contributed by atoms with Crippen LogP contribution in [0, 0.1) is 0 Å². The molecule has 1 spiro atoms. The zero-order chi connectivity index (χ0) is 20.1. The van der Waals surface area contributed by atoms with Crippen molar-refractivity contribution in [1.82, 2.24) is 15.5 Å². The third-order valence-corrected chi connectivity index (χ3v) is 5.13. The van der Waals surface area contributed by atoms with Crippen molar-refractivity contribution in [2.45, 2.75) is 57.2 Å². The fraction of sp³-hybridized carbons (Fsp3) is 0.526. The number of alkyl halides is 2. The standard InChI is InChI=1S/C19H23F2N3O4/c20-17(21)28-14-7-5-13(6-8-14)12-22-15(25)4-3-11-24-16(26)19(23-18(24)27)9-1-2-10-19/h5-8,17H,1-4,9-12H2,(H,22,25)(H,23,27). The van der Waals surface area contributed by atoms with Gasteiger partial charge in [0.25, 0.3) is 5.91 Å². The van der Waals surface area contributed by atoms with Crippen LogP contribution in [0.4, 0.5) is 13.6 Å². The first-order chi connectivity index (χ1) is 13.4. The highest BCUT2D eigenvalue weighted by Crippen LogP contribution is 2.35. The monoisotopic (exact) mass is 395 g/mol. The van der Waals surface area contributed by atoms with Gasteiger partial charge in [0.15, 0.2) is 0 Å². The molecule has 7 nitrogen and oxygen atoms in total. The zero-order valence-electron chi connectivity index (χ0n) is 15.4. The Morgan fingerprint density at radius 2 is 1.89 bits per heavy atom. The molecule has 1 aromatic carbocycles. The molecule has 0 radical (unpaired) electrons. The number of hydrogen-bond donors (Lipinski definition) is 2. The minimum atomic E-state index is -2.88. The van der Waals surface area contributed by atoms with E-state index < -0.39 is 12.2 Å². The highest BCUT2D eigenvalue weighted by Gasteiger charge is 2.51. The van der Waals surface area contributed by atoms with Crippen LogP contribution < -0.4 is 15.4 Å². The Balaban J connectivity index is 1.39. The van der Waals surface area contributed by atoms with Gasteiger partial charge in [0, 0.05) is 19.5 Å². The predicted octanol–water partition coefficient (Wildman–Crippen LogP) is 2.55. The van der Waals surface area contributed by atoms with Gasteiger partial charge in [-0.3, -0.25) is 14.5 Å². The second-order valence-corrected chi connectivity index (χ2v) is 7.08. The predicted molar refractivity (Wildman–Crippen MR) is 95.6 cm³/mol. The fourth-order valence-electron chi connectivity index (χ4n) is 3.67. The molecule has 152 valence electrons. The smallest absolute Gasteiger partial charge is 0.387 e. The molecule has 1 saturated carbocycles. The van der Waals surface area contributed by atoms with E-state index in [0.29, 0.717) is 19.3 Å². The number of nitrogens with one attached hydrogen (secondary N) is 2. The first kappa shape index (κ1) is 20.0. The van der Waals surface area contributed by atoms with Crippen LogP contribution in [0.1, 0.15) is 44.1 Å². The van der Waals surface area contributed by atoms with Crippen molar-refractivity contribution < 1.29 is 27.9 Å². The van der Waals surface area contributed by atoms with E-state index in [0.717, 1.165) is 18.4 Å². The summed E-state index contributed by atoms with van der Waals surface area (Å²) in [6.45, 7) is -2.42. The molecule has 1 aromatic rings. The number of rotatable bonds is 8. The molecule has 2 aliphatic rings. The second kappa shape index (κ2) is 8.53. The lowest BCUT2D eigenvalue weighted by Gasteiger charge is -2.19. The number of ether oxygens (including phenoxy) is 1. The van der Waals surface area contributed by atoms with Crippen LogP contribution in [0.2, 0.25) is 0 Å². The average molecular weight is 395 g/mol. The Hall–Kier alpha value is -2.71. The maximum absolute atomic E-state index is 12.5. The summed E-state index contributed by atoms with van der Waals surface area (Å²) < 4.78 is 28.5. The number of benzene rings is 1. The highest BCUT2D eigenvalue weighted by atomic mass is 19.3. The molecule has 0 atom stereocenters. The van der Waals surface area contributed by atoms with Crippen LogP contribution in [0.25, 0.3) is 0 Å². The number of nitrogens with zero attached hydrogens (tertiary/aromatic N) is 1. The lowest BCUT2D eigenvalue weighted by Crippen LogP contribution is -2.44. The van der Waals surface area contributed by atoms with E-state index in [1.807, 2.05) is 0 Å². The SMILES string of the molecule is O=C(CCCN1C(=O)NC2(CCCC2)C1=O)NCc1ccc(OC(F)F)cc1. The summed E-state index contributed by atoms with van der Waals surface area (Å²) >= 11 is 0. The van der Waals surface area contributed by atoms with Crippen molar-refractivity contribution in [1.29, 1.82) is 0 Å². The third kappa shape index (κ3) is 4.58. The van der Waals surface area contributed by atoms with Crippen LogP contribution >= 0.6 is 0 Å². The van der Waals surface area contributed by atoms with E-state index in [2.05, 4.69) is 15.4 Å². The second-order valence-electron chi connectivity index (χ2n) is 7.08. The van der Waals surface area contributed by atoms with Crippen molar-refractivity contribution in [3.63, 3.8) is 0 Å². The van der Waals surface area contributed by atoms with E-state index in [9.17, 15) is 23.2 Å². The Labute approximate surface area is 161 Å². The van der Waals surface area contributed by atoms with Crippen molar-refractivity contribution in [2.24, 2.45) is 0 Å². The van der Waals surface area contributed by atoms with Gasteiger partial charge in [-0.15, -0.1) is 0 Å². The zero-order valence-corrected chi connectivity index (χ0v) is 15.4. The minimum Gasteiger partial charge on any atom is -0.435 e. The summed E-state index contributed by atoms with van der Waals surface area (Å²) in [6, 6.07) is 5.62. The van der Waals surface area contributed by atoms with Crippen molar-refractivity contribution in [3.05, 3.63) is 29.8 Å². The Morgan fingerprint density at radius 3 is 2.54 bits per heavy atom. The van der Waals surface area contributed by atoms with Crippen molar-refractivity contribution in [3.8, 4) is 5.75 Å². The number of carbonyl (C=O) groups is 3. The van der Waals surface area contributed by atoms with E-state index in [4.69, 9.17) is 0 Å². The summed E-state index contributed by atoms with van der Waals surface area (Å²) in [5.74, 6) is -0.337. The van der Waals surface area contributed by atoms with Gasteiger partial charge in [0.05, 0.1) is 0 Å². The lowest BCUT2D eigenvalue weighted by molar-refractivity contribution is -0.131. The van der Waals surface area contributed by atoms with Crippen LogP contribution in [-0.2, 0) is 16.1 Å². The van der Waals surface area contributed by atoms with Crippen LogP contribution in [0.5, 0.6) is 5.75 Å². The summed E-state index contributed by atoms with van der Waals surface area (Å²) in [7, 11) is 0. The molecule has 28 heavy (non-hydrogen) atoms. The molecule has 2 fully saturated rings. The normalized spacial score (nSPS) is 18.0. The first-order valence-corrected chi connectivity index (χ1v) is 9.34. The lowest BCUT2D eigenvalue weighted by atomic mass is 9.98. The number of imide groups is 1. The van der Waals surface area contributed by atoms with E-state index in [1.54, 1.807) is 12.1 Å². The quantitative estimate of drug-likeness (QED) is 0.663. The number of hydrogen-bond acceptors (Lipinski definition) is 4. The number of amides is 4. The van der Waals surface area contributed by atoms with E-state index >= 15 is 0 Å². The van der Waals surface area contributed by atoms with Gasteiger partial charge in [-0.2, -0.15) is 8.78 Å². The minimum absolute atomic E-state index is 0.0543. The number of carbonyl (C=O) groups excluding carboxylic acids is 3. The van der Waals surface area contributed by atoms with Crippen molar-refractivity contribution >= 4 is 17.8 Å². The molecule has 3 rings (SSSR count). The average Bonchev–Trinajstić information content (AvgIpc) is 3.21. The molecule has 0 bridgehead atoms. The largest absolute Gasteiger partial charge is 0.435 e. The molecule has 2 N–H and O–H groups in total. The van der Waals surface area contributed by atoms with Gasteiger partial charge in [0.1, 0.15) is 11.3 Å². The molecule has 1 aliphatic carbocycles. The van der Waals surface area contributed by atoms with Gasteiger partial charge in [-0.05, 0) is 37.0 Å². The van der Waals surface area contributed by atoms with Gasteiger partial charge < -0.3 is 15.4 Å². The summed E-state index contributed by atoms with van der Waals surface area (Å²) in [4.78, 5) is 37.8. The summed E-state index contributed by atoms with van der Waals surface area (Å²) in [6.07, 6.45) is 3.76. The number of urea groups is 1. The van der Waals surface area contributed by atoms with Crippen LogP contribution in [-0.4, -0.2) is 41.4 Å². The van der Waals surface area contributed by atoms with Gasteiger partial charge in [-0.25, -0.2) is 4.79 Å². The Morgan fingerprint density at radius 1 is 1.21 bits per heavy atom. The topological polar surface area (TPSA) is 87.7 Å². The molecule has 1 aliphatic heterocycles. The Bertz CT molecular complexity index is 733. The molecule has 1 heterocycles. The summed E-state index contributed by atoms with van der Waals surface area (Å²) in [5.41, 5.74) is 0.0201. The molecule has 0 aromatic heterocycles. The van der Waals surface area contributed by atoms with Gasteiger partial charge in [0.2, 0.25) is 5.91 Å². The van der Waals surface area contributed by atoms with E-state index in [-0.39, 0.29) is 43.1 Å². The summed E-state index contributed by atoms with van der Waals surface area (Å²) in [5, 5.41) is 5.53. The third-order valence-electron chi connectivity index (χ3n) is 5.13. The molecule has 0 unspecified atom stereocenters. The molecular formula is C19H23F2N3O4. The number of halogens is 2. The maximum Gasteiger partial charge on any atom is 0.387 e. The molecule has 1 saturated heterocycles. The van der Waals surface area contributed by atoms with Gasteiger partial charge >= 0.3 is 12.6 Å². The molecule has 9 heteroatoms. The maximum atomic E-state index is 12.5. The van der Waals surface area contributed by atoms with E-state index in [1.165, 1.54) is 17.0 Å². The first-order valence-electron chi connectivity index (χ1n) is 9.34. The van der Waals surface area contributed by atoms with Crippen LogP contribution in [0.3, 0.4) is 0 Å². The van der Waals surface area contributed by atoms with Crippen molar-refractivity contribution in [2.75, 3.05) is 6.54 Å².